The van der Waals surface area contributed by atoms with E-state index in [4.69, 9.17) is 14.2 Å². The molecule has 1 unspecified atom stereocenters. The number of alkyl halides is 2. The van der Waals surface area contributed by atoms with Crippen molar-refractivity contribution >= 4 is 93.1 Å². The zero-order valence-electron chi connectivity index (χ0n) is 59.4. The second-order valence-corrected chi connectivity index (χ2v) is 34.4. The normalized spacial score (nSPS) is 21.6. The van der Waals surface area contributed by atoms with Crippen LogP contribution in [0.5, 0.6) is 5.75 Å². The summed E-state index contributed by atoms with van der Waals surface area (Å²) in [6, 6.07) is 12.8. The van der Waals surface area contributed by atoms with E-state index in [0.29, 0.717) is 87.8 Å². The van der Waals surface area contributed by atoms with Crippen LogP contribution in [0.3, 0.4) is 0 Å². The van der Waals surface area contributed by atoms with Crippen molar-refractivity contribution in [3.63, 3.8) is 0 Å². The summed E-state index contributed by atoms with van der Waals surface area (Å²) in [7, 11) is -17.9. The summed E-state index contributed by atoms with van der Waals surface area (Å²) >= 11 is 0. The van der Waals surface area contributed by atoms with Crippen molar-refractivity contribution < 1.29 is 113 Å². The molecule has 3 aromatic rings. The average Bonchev–Trinajstić information content (AvgIpc) is 1.59. The van der Waals surface area contributed by atoms with Gasteiger partial charge in [0.25, 0.3) is 46.4 Å². The number of carboxylic acid groups (broad SMARTS) is 1. The first kappa shape index (κ1) is 82.7. The number of carbonyl (C=O) groups excluding carboxylic acids is 5. The Bertz CT molecular complexity index is 4630. The van der Waals surface area contributed by atoms with Crippen molar-refractivity contribution in [2.24, 2.45) is 11.8 Å². The predicted octanol–water partition coefficient (Wildman–Crippen LogP) is 5.73. The highest BCUT2D eigenvalue weighted by Gasteiger charge is 2.51. The third kappa shape index (κ3) is 21.3. The molecule has 3 saturated heterocycles. The zero-order valence-corrected chi connectivity index (χ0v) is 62.7. The molecule has 8 N–H and O–H groups in total. The van der Waals surface area contributed by atoms with Crippen molar-refractivity contribution in [3.8, 4) is 11.8 Å². The number of hydrogen-bond acceptors (Lipinski definition) is 19. The molecule has 582 valence electrons. The summed E-state index contributed by atoms with van der Waals surface area (Å²) in [5.74, 6) is -8.99. The van der Waals surface area contributed by atoms with Crippen LogP contribution in [-0.2, 0) is 96.0 Å². The average molecular weight is 1570 g/mol. The fraction of sp³-hybridized carbons (Fsp3) is 0.521. The van der Waals surface area contributed by atoms with Gasteiger partial charge in [-0.1, -0.05) is 32.1 Å². The highest BCUT2D eigenvalue weighted by atomic mass is 32.2. The number of fused-ring (bicyclic) bond motifs is 2. The van der Waals surface area contributed by atoms with Crippen molar-refractivity contribution in [2.75, 3.05) is 82.1 Å². The Balaban J connectivity index is 0.824. The van der Waals surface area contributed by atoms with Gasteiger partial charge >= 0.3 is 5.97 Å². The van der Waals surface area contributed by atoms with Crippen molar-refractivity contribution in [1.29, 1.82) is 5.26 Å². The number of nitrogens with zero attached hydrogens (tertiary/aromatic N) is 5. The summed E-state index contributed by atoms with van der Waals surface area (Å²) in [4.78, 5) is 81.0. The van der Waals surface area contributed by atoms with Crippen LogP contribution in [0.15, 0.2) is 117 Å². The number of rotatable bonds is 34. The number of carbonyl (C=O) groups is 6. The molecule has 5 aliphatic heterocycles. The first-order valence-corrected chi connectivity index (χ1v) is 41.0. The van der Waals surface area contributed by atoms with E-state index in [1.165, 1.54) is 29.2 Å². The molecular weight excluding hydrogens is 1480 g/mol. The molecule has 0 radical (unpaired) electrons. The van der Waals surface area contributed by atoms with Gasteiger partial charge in [-0.15, -0.1) is 0 Å². The van der Waals surface area contributed by atoms with Crippen LogP contribution >= 0.6 is 0 Å². The van der Waals surface area contributed by atoms with E-state index in [1.807, 2.05) is 61.5 Å². The number of benzene rings is 3. The number of anilines is 1. The molecule has 6 aliphatic rings. The Labute approximate surface area is 619 Å². The quantitative estimate of drug-likeness (QED) is 0.0201. The van der Waals surface area contributed by atoms with Crippen LogP contribution < -0.4 is 25.6 Å². The van der Waals surface area contributed by atoms with Gasteiger partial charge < -0.3 is 50.0 Å². The van der Waals surface area contributed by atoms with E-state index < -0.39 is 141 Å². The minimum absolute atomic E-state index is 0.0555. The van der Waals surface area contributed by atoms with E-state index in [9.17, 15) is 99.8 Å². The number of unbranched alkanes of at least 4 members (excludes halogenated alkanes) is 2. The molecular formula is C71H89F2N8O22S4+. The SMILES string of the molecule is CC1(C)C(/C=C/C2=C(Oc3ccc(C[C@H](NC(=O)CCOCCOCCNC(=O)C4CCN(C(=O)C[C@@H]5C[C@@H](C(=O)N6CC(F)(F)C[C@H]6C#N)NC5=O)C4)C(=O)O)cc3)C(=C/C=C3/N(CCCCS(=O)(=O)O)c4ccc(S(=O)(=O)O)cc4C3(C)C)/CCC2)=[N+](CCCCS(=O)(=O)O)c2ccc(S(=O)(=O)O)cc21. The van der Waals surface area contributed by atoms with E-state index in [2.05, 4.69) is 16.0 Å². The highest BCUT2D eigenvalue weighted by molar-refractivity contribution is 7.86. The third-order valence-corrected chi connectivity index (χ3v) is 23.2. The molecule has 5 heterocycles. The molecule has 0 bridgehead atoms. The topological polar surface area (TPSA) is 440 Å². The number of ether oxygens (including phenoxy) is 3. The maximum absolute atomic E-state index is 14.0. The molecule has 36 heteroatoms. The van der Waals surface area contributed by atoms with E-state index in [0.717, 1.165) is 4.90 Å². The summed E-state index contributed by atoms with van der Waals surface area (Å²) in [6.45, 7) is 7.60. The van der Waals surface area contributed by atoms with Gasteiger partial charge in [-0.25, -0.2) is 13.6 Å². The molecule has 1 aliphatic carbocycles. The Morgan fingerprint density at radius 3 is 2.11 bits per heavy atom. The van der Waals surface area contributed by atoms with Gasteiger partial charge in [-0.05, 0) is 142 Å². The number of allylic oxidation sites excluding steroid dienone is 7. The Kier molecular flexibility index (Phi) is 26.3. The molecule has 0 saturated carbocycles. The summed E-state index contributed by atoms with van der Waals surface area (Å²) < 4.78 is 184. The lowest BCUT2D eigenvalue weighted by atomic mass is 9.81. The lowest BCUT2D eigenvalue weighted by Crippen LogP contribution is -2.46. The van der Waals surface area contributed by atoms with Gasteiger partial charge in [-0.3, -0.25) is 42.2 Å². The molecule has 0 spiro atoms. The minimum Gasteiger partial charge on any atom is -0.480 e. The van der Waals surface area contributed by atoms with Crippen LogP contribution in [0, 0.1) is 23.2 Å². The first-order chi connectivity index (χ1) is 50.1. The number of carboxylic acids is 1. The second kappa shape index (κ2) is 34.0. The standard InChI is InChI=1S/C71H88F2N8O22S4/c1-69(2)54-39-52(106(95,96)97)18-20-58(54)79(27-5-7-34-104(89,90)91)60(69)22-14-46-10-9-11-47(15-23-61-70(3,4)55-40-53(107(98,99)100)19-21-59(55)80(61)28-6-8-35-105(92,93)94)64(46)103-51-16-12-45(13-17-51)36-57(68(87)88)76-62(82)25-30-101-32-33-102-31-26-75-65(84)48-24-29-78(43-48)63(83)38-49-37-56(77-66(49)85)67(86)81-44-71(72,73)41-50(81)42-74/h12-23,39-40,48-50,56-57H,5-11,24-38,41,43-44H2,1-4H3,(H7-,75,76,77,82,84,85,87,88,89,90,91,92,93,94,95,96,97,98,99,100)/p+1/t48?,49-,50-,56-,57-/m0/s1. The number of amides is 5. The molecule has 0 aromatic heterocycles. The molecule has 5 atom stereocenters. The Hall–Kier alpha value is -8.38. The van der Waals surface area contributed by atoms with Gasteiger partial charge in [0.2, 0.25) is 35.2 Å². The maximum Gasteiger partial charge on any atom is 0.326 e. The Morgan fingerprint density at radius 1 is 0.804 bits per heavy atom. The van der Waals surface area contributed by atoms with Crippen LogP contribution in [0.25, 0.3) is 0 Å². The van der Waals surface area contributed by atoms with Crippen molar-refractivity contribution in [3.05, 3.63) is 124 Å². The summed E-state index contributed by atoms with van der Waals surface area (Å²) in [6.07, 6.45) is 8.53. The smallest absolute Gasteiger partial charge is 0.326 e. The number of nitriles is 1. The lowest BCUT2D eigenvalue weighted by molar-refractivity contribution is -0.438. The number of aliphatic carboxylic acids is 1. The van der Waals surface area contributed by atoms with Gasteiger partial charge in [-0.2, -0.15) is 43.5 Å². The molecule has 3 aromatic carbocycles. The van der Waals surface area contributed by atoms with Gasteiger partial charge in [0.1, 0.15) is 36.2 Å². The minimum atomic E-state index is -4.64. The van der Waals surface area contributed by atoms with E-state index in [1.54, 1.807) is 42.5 Å². The zero-order chi connectivity index (χ0) is 78.2. The number of likely N-dealkylation sites (tertiary alicyclic amines) is 2. The number of halogens is 2. The van der Waals surface area contributed by atoms with E-state index in [-0.39, 0.29) is 126 Å². The molecule has 107 heavy (non-hydrogen) atoms. The van der Waals surface area contributed by atoms with Crippen LogP contribution in [0.4, 0.5) is 20.2 Å². The monoisotopic (exact) mass is 1570 g/mol. The third-order valence-electron chi connectivity index (χ3n) is 19.9. The van der Waals surface area contributed by atoms with Crippen molar-refractivity contribution in [1.82, 2.24) is 25.8 Å². The largest absolute Gasteiger partial charge is 0.480 e. The van der Waals surface area contributed by atoms with Crippen LogP contribution in [-0.4, -0.2) is 214 Å². The first-order valence-electron chi connectivity index (χ1n) is 34.9. The summed E-state index contributed by atoms with van der Waals surface area (Å²) in [5, 5.41) is 27.3. The Morgan fingerprint density at radius 2 is 1.46 bits per heavy atom. The second-order valence-electron chi connectivity index (χ2n) is 28.4. The number of nitrogens with one attached hydrogen (secondary N) is 3. The van der Waals surface area contributed by atoms with Crippen LogP contribution in [0.1, 0.15) is 121 Å². The van der Waals surface area contributed by atoms with Crippen LogP contribution in [0.2, 0.25) is 0 Å². The van der Waals surface area contributed by atoms with Gasteiger partial charge in [0.05, 0.1) is 71.7 Å². The lowest BCUT2D eigenvalue weighted by Gasteiger charge is -2.27. The van der Waals surface area contributed by atoms with Gasteiger partial charge in [0.15, 0.2) is 5.71 Å². The predicted molar refractivity (Wildman–Crippen MR) is 383 cm³/mol. The summed E-state index contributed by atoms with van der Waals surface area (Å²) in [5.41, 5.74) is 3.64. The fourth-order valence-electron chi connectivity index (χ4n) is 14.3. The molecule has 9 rings (SSSR count). The molecule has 5 amide bonds. The van der Waals surface area contributed by atoms with Gasteiger partial charge in [0, 0.05) is 98.7 Å². The number of hydrogen-bond donors (Lipinski definition) is 8. The maximum atomic E-state index is 14.0. The van der Waals surface area contributed by atoms with E-state index >= 15 is 0 Å². The molecule has 3 fully saturated rings. The fourth-order valence-corrected chi connectivity index (χ4v) is 16.5. The highest BCUT2D eigenvalue weighted by Crippen LogP contribution is 2.49. The molecule has 30 nitrogen and oxygen atoms in total. The van der Waals surface area contributed by atoms with Crippen molar-refractivity contribution in [2.45, 2.75) is 156 Å².